The topological polar surface area (TPSA) is 36.9 Å². The van der Waals surface area contributed by atoms with E-state index < -0.39 is 0 Å². The molecule has 0 atom stereocenters. The van der Waals surface area contributed by atoms with E-state index in [0.29, 0.717) is 26.4 Å². The first kappa shape index (κ1) is 14.2. The Morgan fingerprint density at radius 2 is 1.45 bits per heavy atom. The van der Waals surface area contributed by atoms with Crippen molar-refractivity contribution >= 4 is 22.7 Å². The Balaban J connectivity index is 1.89. The first-order valence-electron chi connectivity index (χ1n) is 7.36. The highest BCUT2D eigenvalue weighted by Gasteiger charge is 2.33. The smallest absolute Gasteiger partial charge is 0.181 e. The van der Waals surface area contributed by atoms with E-state index in [9.17, 15) is 0 Å². The van der Waals surface area contributed by atoms with Crippen LogP contribution in [0, 0.1) is 0 Å². The quantitative estimate of drug-likeness (QED) is 0.776. The maximum Gasteiger partial charge on any atom is 0.181 e. The standard InChI is InChI=1S/C16H18O4S2/c1-16(2,3)15-12-11(19-6-7-20-12)14(22-15)13-10-9(8-21-13)17-4-5-18-10/h8H,4-7H2,1-3H3. The molecule has 6 heteroatoms. The maximum atomic E-state index is 5.94. The summed E-state index contributed by atoms with van der Waals surface area (Å²) in [5, 5.41) is 2.01. The van der Waals surface area contributed by atoms with Gasteiger partial charge >= 0.3 is 0 Å². The van der Waals surface area contributed by atoms with Crippen molar-refractivity contribution in [2.75, 3.05) is 26.4 Å². The van der Waals surface area contributed by atoms with Crippen molar-refractivity contribution in [1.29, 1.82) is 0 Å². The number of rotatable bonds is 1. The van der Waals surface area contributed by atoms with Gasteiger partial charge in [0.05, 0.1) is 14.6 Å². The average molecular weight is 338 g/mol. The molecular formula is C16H18O4S2. The van der Waals surface area contributed by atoms with Crippen LogP contribution in [0.3, 0.4) is 0 Å². The molecule has 0 fully saturated rings. The van der Waals surface area contributed by atoms with Crippen LogP contribution in [-0.4, -0.2) is 26.4 Å². The van der Waals surface area contributed by atoms with Gasteiger partial charge in [-0.25, -0.2) is 0 Å². The van der Waals surface area contributed by atoms with Gasteiger partial charge in [0.2, 0.25) is 0 Å². The Labute approximate surface area is 137 Å². The molecule has 2 aliphatic heterocycles. The summed E-state index contributed by atoms with van der Waals surface area (Å²) in [6.45, 7) is 8.99. The predicted molar refractivity (Wildman–Crippen MR) is 88.3 cm³/mol. The fraction of sp³-hybridized carbons (Fsp3) is 0.500. The molecule has 0 amide bonds. The van der Waals surface area contributed by atoms with Crippen molar-refractivity contribution in [3.05, 3.63) is 10.3 Å². The van der Waals surface area contributed by atoms with Crippen LogP contribution in [-0.2, 0) is 5.41 Å². The van der Waals surface area contributed by atoms with Gasteiger partial charge in [0.15, 0.2) is 23.0 Å². The van der Waals surface area contributed by atoms with Crippen molar-refractivity contribution in [2.24, 2.45) is 0 Å². The summed E-state index contributed by atoms with van der Waals surface area (Å²) in [5.74, 6) is 3.44. The van der Waals surface area contributed by atoms with E-state index in [-0.39, 0.29) is 5.41 Å². The predicted octanol–water partition coefficient (Wildman–Crippen LogP) is 4.32. The summed E-state index contributed by atoms with van der Waals surface area (Å²) in [6.07, 6.45) is 0. The molecule has 0 saturated heterocycles. The largest absolute Gasteiger partial charge is 0.485 e. The third-order valence-electron chi connectivity index (χ3n) is 3.59. The third kappa shape index (κ3) is 2.16. The van der Waals surface area contributed by atoms with E-state index in [1.54, 1.807) is 22.7 Å². The van der Waals surface area contributed by atoms with Crippen LogP contribution in [0.5, 0.6) is 23.0 Å². The van der Waals surface area contributed by atoms with Crippen LogP contribution in [0.15, 0.2) is 5.38 Å². The maximum absolute atomic E-state index is 5.94. The number of hydrogen-bond donors (Lipinski definition) is 0. The summed E-state index contributed by atoms with van der Waals surface area (Å²) in [6, 6.07) is 0. The minimum Gasteiger partial charge on any atom is -0.485 e. The molecule has 4 rings (SSSR count). The summed E-state index contributed by atoms with van der Waals surface area (Å²) in [4.78, 5) is 3.39. The van der Waals surface area contributed by atoms with Gasteiger partial charge in [0.1, 0.15) is 26.4 Å². The van der Waals surface area contributed by atoms with Gasteiger partial charge in [0.25, 0.3) is 0 Å². The van der Waals surface area contributed by atoms with E-state index in [0.717, 1.165) is 32.8 Å². The molecule has 0 bridgehead atoms. The van der Waals surface area contributed by atoms with Gasteiger partial charge in [-0.2, -0.15) is 0 Å². The minimum atomic E-state index is 0.0162. The molecule has 2 aliphatic rings. The number of hydrogen-bond acceptors (Lipinski definition) is 6. The average Bonchev–Trinajstić information content (AvgIpc) is 3.07. The highest BCUT2D eigenvalue weighted by molar-refractivity contribution is 7.22. The highest BCUT2D eigenvalue weighted by Crippen LogP contribution is 2.57. The molecule has 2 aromatic heterocycles. The van der Waals surface area contributed by atoms with Crippen molar-refractivity contribution in [3.63, 3.8) is 0 Å². The first-order chi connectivity index (χ1) is 10.6. The number of fused-ring (bicyclic) bond motifs is 2. The lowest BCUT2D eigenvalue weighted by molar-refractivity contribution is 0.170. The zero-order valence-corrected chi connectivity index (χ0v) is 14.5. The van der Waals surface area contributed by atoms with Gasteiger partial charge in [-0.1, -0.05) is 20.8 Å². The van der Waals surface area contributed by atoms with Crippen LogP contribution in [0.1, 0.15) is 25.6 Å². The molecule has 0 aliphatic carbocycles. The summed E-state index contributed by atoms with van der Waals surface area (Å²) in [7, 11) is 0. The highest BCUT2D eigenvalue weighted by atomic mass is 32.1. The molecule has 4 nitrogen and oxygen atoms in total. The Morgan fingerprint density at radius 1 is 0.818 bits per heavy atom. The second-order valence-electron chi connectivity index (χ2n) is 6.32. The molecule has 22 heavy (non-hydrogen) atoms. The molecule has 4 heterocycles. The van der Waals surface area contributed by atoms with Crippen molar-refractivity contribution in [3.8, 4) is 32.8 Å². The normalized spacial score (nSPS) is 16.7. The Bertz CT molecular complexity index is 709. The SMILES string of the molecule is CC(C)(C)c1sc(-c2scc3c2OCCO3)c2c1OCCO2. The van der Waals surface area contributed by atoms with Gasteiger partial charge < -0.3 is 18.9 Å². The van der Waals surface area contributed by atoms with E-state index in [2.05, 4.69) is 20.8 Å². The molecule has 118 valence electrons. The number of ether oxygens (including phenoxy) is 4. The lowest BCUT2D eigenvalue weighted by atomic mass is 9.94. The third-order valence-corrected chi connectivity index (χ3v) is 6.27. The lowest BCUT2D eigenvalue weighted by Gasteiger charge is -2.22. The zero-order chi connectivity index (χ0) is 15.3. The zero-order valence-electron chi connectivity index (χ0n) is 12.9. The van der Waals surface area contributed by atoms with Gasteiger partial charge in [-0.3, -0.25) is 0 Å². The van der Waals surface area contributed by atoms with Crippen molar-refractivity contribution < 1.29 is 18.9 Å². The summed E-state index contributed by atoms with van der Waals surface area (Å²) < 4.78 is 23.4. The lowest BCUT2D eigenvalue weighted by Crippen LogP contribution is -2.18. The molecule has 0 N–H and O–H groups in total. The van der Waals surface area contributed by atoms with Crippen LogP contribution < -0.4 is 18.9 Å². The molecular weight excluding hydrogens is 320 g/mol. The van der Waals surface area contributed by atoms with Crippen LogP contribution in [0.4, 0.5) is 0 Å². The minimum absolute atomic E-state index is 0.0162. The first-order valence-corrected chi connectivity index (χ1v) is 9.05. The molecule has 0 spiro atoms. The Hall–Kier alpha value is -1.40. The van der Waals surface area contributed by atoms with Crippen molar-refractivity contribution in [2.45, 2.75) is 26.2 Å². The van der Waals surface area contributed by atoms with Gasteiger partial charge in [0, 0.05) is 10.8 Å². The number of thiophene rings is 2. The molecule has 0 radical (unpaired) electrons. The summed E-state index contributed by atoms with van der Waals surface area (Å²) >= 11 is 3.38. The van der Waals surface area contributed by atoms with E-state index >= 15 is 0 Å². The summed E-state index contributed by atoms with van der Waals surface area (Å²) in [5.41, 5.74) is 0.0162. The Kier molecular flexibility index (Phi) is 3.27. The Morgan fingerprint density at radius 3 is 2.18 bits per heavy atom. The van der Waals surface area contributed by atoms with E-state index in [1.165, 1.54) is 4.88 Å². The second kappa shape index (κ2) is 5.06. The van der Waals surface area contributed by atoms with Crippen LogP contribution in [0.25, 0.3) is 9.75 Å². The van der Waals surface area contributed by atoms with E-state index in [1.807, 2.05) is 5.38 Å². The van der Waals surface area contributed by atoms with Crippen molar-refractivity contribution in [1.82, 2.24) is 0 Å². The molecule has 0 aromatic carbocycles. The van der Waals surface area contributed by atoms with E-state index in [4.69, 9.17) is 18.9 Å². The fourth-order valence-corrected chi connectivity index (χ4v) is 4.93. The van der Waals surface area contributed by atoms with Gasteiger partial charge in [-0.15, -0.1) is 22.7 Å². The molecule has 0 unspecified atom stereocenters. The second-order valence-corrected chi connectivity index (χ2v) is 8.22. The van der Waals surface area contributed by atoms with Crippen LogP contribution in [0.2, 0.25) is 0 Å². The van der Waals surface area contributed by atoms with Gasteiger partial charge in [-0.05, 0) is 0 Å². The molecule has 0 saturated carbocycles. The molecule has 2 aromatic rings. The van der Waals surface area contributed by atoms with Crippen LogP contribution >= 0.6 is 22.7 Å². The monoisotopic (exact) mass is 338 g/mol. The fourth-order valence-electron chi connectivity index (χ4n) is 2.61.